The van der Waals surface area contributed by atoms with Gasteiger partial charge < -0.3 is 49.2 Å². The van der Waals surface area contributed by atoms with Crippen molar-refractivity contribution in [2.24, 2.45) is 22.7 Å². The maximum absolute atomic E-state index is 10.5. The topological polar surface area (TPSA) is 147 Å². The quantitative estimate of drug-likeness (QED) is 0.242. The summed E-state index contributed by atoms with van der Waals surface area (Å²) in [7, 11) is 1.47. The van der Waals surface area contributed by atoms with E-state index in [1.165, 1.54) is 18.3 Å². The first-order chi connectivity index (χ1) is 19.3. The van der Waals surface area contributed by atoms with Gasteiger partial charge in [-0.3, -0.25) is 0 Å². The number of hydrogen-bond acceptors (Lipinski definition) is 10. The molecule has 12 atom stereocenters. The van der Waals surface area contributed by atoms with Crippen molar-refractivity contribution >= 4 is 0 Å². The molecule has 0 aromatic rings. The van der Waals surface area contributed by atoms with Crippen molar-refractivity contribution in [1.82, 2.24) is 0 Å². The zero-order valence-electron chi connectivity index (χ0n) is 25.3. The molecule has 0 spiro atoms. The Hall–Kier alpha value is -0.920. The first kappa shape index (κ1) is 33.0. The summed E-state index contributed by atoms with van der Waals surface area (Å²) in [5.41, 5.74) is 2.34. The molecule has 0 unspecified atom stereocenters. The summed E-state index contributed by atoms with van der Waals surface area (Å²) >= 11 is 0. The summed E-state index contributed by atoms with van der Waals surface area (Å²) in [5, 5.41) is 50.5. The highest BCUT2D eigenvalue weighted by molar-refractivity contribution is 5.18. The number of ether oxygens (including phenoxy) is 5. The summed E-state index contributed by atoms with van der Waals surface area (Å²) in [5.74, 6) is 0.727. The van der Waals surface area contributed by atoms with Crippen LogP contribution in [0, 0.1) is 22.7 Å². The maximum Gasteiger partial charge on any atom is 0.186 e. The number of fused-ring (bicyclic) bond motifs is 1. The lowest BCUT2D eigenvalue weighted by molar-refractivity contribution is -0.270. The molecule has 0 amide bonds. The molecule has 2 heterocycles. The van der Waals surface area contributed by atoms with Crippen molar-refractivity contribution in [3.63, 3.8) is 0 Å². The predicted molar refractivity (Wildman–Crippen MR) is 151 cm³/mol. The van der Waals surface area contributed by atoms with Crippen LogP contribution >= 0.6 is 0 Å². The van der Waals surface area contributed by atoms with Crippen molar-refractivity contribution in [2.45, 2.75) is 122 Å². The molecule has 2 aliphatic carbocycles. The van der Waals surface area contributed by atoms with E-state index in [-0.39, 0.29) is 36.8 Å². The van der Waals surface area contributed by atoms with Crippen molar-refractivity contribution in [2.75, 3.05) is 26.9 Å². The average Bonchev–Trinajstić information content (AvgIpc) is 3.20. The van der Waals surface area contributed by atoms with Gasteiger partial charge in [0.15, 0.2) is 12.6 Å². The van der Waals surface area contributed by atoms with Gasteiger partial charge in [0.05, 0.1) is 25.9 Å². The van der Waals surface area contributed by atoms with Crippen molar-refractivity contribution in [1.29, 1.82) is 0 Å². The Morgan fingerprint density at radius 2 is 1.76 bits per heavy atom. The van der Waals surface area contributed by atoms with Crippen LogP contribution in [-0.2, 0) is 23.7 Å². The molecule has 10 nitrogen and oxygen atoms in total. The lowest BCUT2D eigenvalue weighted by Gasteiger charge is -2.60. The normalized spacial score (nSPS) is 45.1. The number of allylic oxidation sites excluding steroid dienone is 2. The van der Waals surface area contributed by atoms with Crippen LogP contribution in [0.2, 0.25) is 0 Å². The summed E-state index contributed by atoms with van der Waals surface area (Å²) < 4.78 is 28.3. The largest absolute Gasteiger partial charge is 0.394 e. The highest BCUT2D eigenvalue weighted by atomic mass is 16.7. The molecule has 0 radical (unpaired) electrons. The second-order valence-electron chi connectivity index (χ2n) is 13.4. The molecule has 4 fully saturated rings. The SMILES string of the molecule is C=C1CC[C@H]2C(C)(C)[C@@H](O[C@H]3O[C@@H](CO)[C@@H](O)[C@H]3O)CC[C@]2(C)[C@@H]1CC/C(C)=C/CO[C@@H]1OC[C@@H](OC)[C@@H](O)[C@@H]1O. The molecule has 4 rings (SSSR count). The van der Waals surface area contributed by atoms with Crippen molar-refractivity contribution in [3.05, 3.63) is 23.8 Å². The third kappa shape index (κ3) is 6.62. The lowest BCUT2D eigenvalue weighted by atomic mass is 9.46. The Balaban J connectivity index is 1.34. The van der Waals surface area contributed by atoms with E-state index in [1.807, 2.05) is 6.08 Å². The van der Waals surface area contributed by atoms with Gasteiger partial charge in [0.1, 0.15) is 36.6 Å². The molecule has 4 aliphatic rings. The first-order valence-electron chi connectivity index (χ1n) is 15.1. The second-order valence-corrected chi connectivity index (χ2v) is 13.4. The van der Waals surface area contributed by atoms with Gasteiger partial charge >= 0.3 is 0 Å². The van der Waals surface area contributed by atoms with Crippen LogP contribution in [-0.4, -0.2) is 108 Å². The summed E-state index contributed by atoms with van der Waals surface area (Å²) in [6.45, 7) is 13.5. The fraction of sp³-hybridized carbons (Fsp3) is 0.871. The summed E-state index contributed by atoms with van der Waals surface area (Å²) in [6, 6.07) is 0. The Bertz CT molecular complexity index is 923. The maximum atomic E-state index is 10.5. The third-order valence-corrected chi connectivity index (χ3v) is 10.6. The van der Waals surface area contributed by atoms with E-state index in [4.69, 9.17) is 23.7 Å². The highest BCUT2D eigenvalue weighted by Crippen LogP contribution is 2.62. The molecule has 41 heavy (non-hydrogen) atoms. The monoisotopic (exact) mass is 584 g/mol. The average molecular weight is 585 g/mol. The van der Waals surface area contributed by atoms with E-state index in [0.29, 0.717) is 11.8 Å². The van der Waals surface area contributed by atoms with Gasteiger partial charge in [0, 0.05) is 7.11 Å². The minimum Gasteiger partial charge on any atom is -0.394 e. The molecule has 10 heteroatoms. The standard InChI is InChI=1S/C31H52O10/c1-17(12-14-38-28-26(35)25(34)21(37-6)16-39-28)7-9-19-18(2)8-10-22-30(3,4)23(11-13-31(19,22)5)41-29-27(36)24(33)20(15-32)40-29/h12,19-29,32-36H,2,7-11,13-16H2,1,3-6H3/b17-12+/t19-,20+,21-,22+,23+,24-,25-,26+,27-,28-,29-,31-/m1/s1. The van der Waals surface area contributed by atoms with Crippen LogP contribution < -0.4 is 0 Å². The number of aliphatic hydroxyl groups is 5. The minimum absolute atomic E-state index is 0.0475. The van der Waals surface area contributed by atoms with Gasteiger partial charge in [0.2, 0.25) is 0 Å². The Morgan fingerprint density at radius 3 is 2.41 bits per heavy atom. The lowest BCUT2D eigenvalue weighted by Crippen LogP contribution is -2.56. The second kappa shape index (κ2) is 13.4. The van der Waals surface area contributed by atoms with Crippen LogP contribution in [0.5, 0.6) is 0 Å². The van der Waals surface area contributed by atoms with E-state index >= 15 is 0 Å². The van der Waals surface area contributed by atoms with E-state index in [0.717, 1.165) is 38.5 Å². The number of hydrogen-bond donors (Lipinski definition) is 5. The van der Waals surface area contributed by atoms with E-state index in [9.17, 15) is 25.5 Å². The number of aliphatic hydroxyl groups excluding tert-OH is 5. The molecule has 236 valence electrons. The zero-order valence-corrected chi connectivity index (χ0v) is 25.3. The Labute approximate surface area is 244 Å². The van der Waals surface area contributed by atoms with Gasteiger partial charge in [-0.05, 0) is 68.1 Å². The number of methoxy groups -OCH3 is 1. The van der Waals surface area contributed by atoms with Gasteiger partial charge in [-0.15, -0.1) is 0 Å². The molecular formula is C31H52O10. The third-order valence-electron chi connectivity index (χ3n) is 10.6. The fourth-order valence-corrected chi connectivity index (χ4v) is 7.95. The molecule has 2 aliphatic heterocycles. The van der Waals surface area contributed by atoms with Crippen molar-refractivity contribution < 1.29 is 49.2 Å². The summed E-state index contributed by atoms with van der Waals surface area (Å²) in [4.78, 5) is 0. The van der Waals surface area contributed by atoms with Gasteiger partial charge in [0.25, 0.3) is 0 Å². The molecule has 0 aromatic carbocycles. The van der Waals surface area contributed by atoms with Gasteiger partial charge in [-0.2, -0.15) is 0 Å². The Kier molecular flexibility index (Phi) is 10.8. The molecule has 0 bridgehead atoms. The molecule has 0 aromatic heterocycles. The highest BCUT2D eigenvalue weighted by Gasteiger charge is 2.57. The molecular weight excluding hydrogens is 532 g/mol. The van der Waals surface area contributed by atoms with Gasteiger partial charge in [-0.1, -0.05) is 44.6 Å². The van der Waals surface area contributed by atoms with Crippen molar-refractivity contribution in [3.8, 4) is 0 Å². The van der Waals surface area contributed by atoms with E-state index < -0.39 is 49.2 Å². The molecule has 2 saturated carbocycles. The number of rotatable bonds is 10. The van der Waals surface area contributed by atoms with E-state index in [2.05, 4.69) is 34.3 Å². The van der Waals surface area contributed by atoms with Crippen LogP contribution in [0.3, 0.4) is 0 Å². The fourth-order valence-electron chi connectivity index (χ4n) is 7.95. The van der Waals surface area contributed by atoms with Gasteiger partial charge in [-0.25, -0.2) is 0 Å². The minimum atomic E-state index is -1.19. The zero-order chi connectivity index (χ0) is 30.1. The molecule has 2 saturated heterocycles. The Morgan fingerprint density at radius 1 is 1.05 bits per heavy atom. The smallest absolute Gasteiger partial charge is 0.186 e. The molecule has 5 N–H and O–H groups in total. The van der Waals surface area contributed by atoms with Crippen LogP contribution in [0.1, 0.15) is 66.2 Å². The van der Waals surface area contributed by atoms with Crippen LogP contribution in [0.4, 0.5) is 0 Å². The first-order valence-corrected chi connectivity index (χ1v) is 15.1. The van der Waals surface area contributed by atoms with E-state index in [1.54, 1.807) is 0 Å². The predicted octanol–water partition coefficient (Wildman–Crippen LogP) is 2.06. The van der Waals surface area contributed by atoms with Crippen LogP contribution in [0.15, 0.2) is 23.8 Å². The summed E-state index contributed by atoms with van der Waals surface area (Å²) in [6.07, 6.45) is -0.375. The van der Waals surface area contributed by atoms with Crippen LogP contribution in [0.25, 0.3) is 0 Å².